The lowest BCUT2D eigenvalue weighted by molar-refractivity contribution is -0.384. The minimum absolute atomic E-state index is 0.0175. The first kappa shape index (κ1) is 29.6. The molecule has 3 amide bonds. The van der Waals surface area contributed by atoms with Gasteiger partial charge in [0.25, 0.3) is 16.8 Å². The summed E-state index contributed by atoms with van der Waals surface area (Å²) in [5, 5.41) is 13.0. The zero-order chi connectivity index (χ0) is 29.5. The Labute approximate surface area is 247 Å². The number of nitrogens with zero attached hydrogens (tertiary/aromatic N) is 2. The number of ether oxygens (including phenoxy) is 3. The predicted molar refractivity (Wildman–Crippen MR) is 157 cm³/mol. The van der Waals surface area contributed by atoms with Gasteiger partial charge in [-0.05, 0) is 84.4 Å². The lowest BCUT2D eigenvalue weighted by Crippen LogP contribution is -2.36. The number of thioether (sulfide) groups is 1. The highest BCUT2D eigenvalue weighted by Gasteiger charge is 2.36. The SMILES string of the molecule is CCOc1ccc(NC(=O)CN2C(=O)S/C(=C/c3cc(OC)c(OCc4ccc([N+](=O)[O-])cc4)cc3Br)C2=O)cc1. The monoisotopic (exact) mass is 641 g/mol. The Morgan fingerprint density at radius 1 is 1.07 bits per heavy atom. The lowest BCUT2D eigenvalue weighted by Gasteiger charge is -2.13. The minimum Gasteiger partial charge on any atom is -0.494 e. The first-order valence-electron chi connectivity index (χ1n) is 12.2. The van der Waals surface area contributed by atoms with Gasteiger partial charge in [0.1, 0.15) is 18.9 Å². The van der Waals surface area contributed by atoms with Gasteiger partial charge in [-0.1, -0.05) is 15.9 Å². The van der Waals surface area contributed by atoms with Crippen LogP contribution in [0.3, 0.4) is 0 Å². The number of anilines is 1. The second kappa shape index (κ2) is 13.3. The summed E-state index contributed by atoms with van der Waals surface area (Å²) in [5.74, 6) is 0.319. The van der Waals surface area contributed by atoms with E-state index in [1.54, 1.807) is 48.5 Å². The van der Waals surface area contributed by atoms with E-state index in [1.807, 2.05) is 6.92 Å². The summed E-state index contributed by atoms with van der Waals surface area (Å²) in [6.45, 7) is 2.09. The summed E-state index contributed by atoms with van der Waals surface area (Å²) < 4.78 is 17.2. The number of amides is 3. The summed E-state index contributed by atoms with van der Waals surface area (Å²) in [6.07, 6.45) is 1.53. The summed E-state index contributed by atoms with van der Waals surface area (Å²) in [6, 6.07) is 16.0. The van der Waals surface area contributed by atoms with Gasteiger partial charge in [-0.25, -0.2) is 0 Å². The maximum atomic E-state index is 13.0. The van der Waals surface area contributed by atoms with Gasteiger partial charge in [-0.3, -0.25) is 29.4 Å². The molecule has 1 heterocycles. The Bertz CT molecular complexity index is 1510. The van der Waals surface area contributed by atoms with Crippen LogP contribution >= 0.6 is 27.7 Å². The van der Waals surface area contributed by atoms with Crippen molar-refractivity contribution in [2.75, 3.05) is 25.6 Å². The van der Waals surface area contributed by atoms with Gasteiger partial charge in [0.05, 0.1) is 23.5 Å². The van der Waals surface area contributed by atoms with Gasteiger partial charge in [-0.15, -0.1) is 0 Å². The number of halogens is 1. The Morgan fingerprint density at radius 3 is 2.41 bits per heavy atom. The van der Waals surface area contributed by atoms with Crippen LogP contribution in [-0.2, 0) is 16.2 Å². The van der Waals surface area contributed by atoms with Gasteiger partial charge < -0.3 is 19.5 Å². The van der Waals surface area contributed by atoms with Crippen molar-refractivity contribution in [2.24, 2.45) is 0 Å². The smallest absolute Gasteiger partial charge is 0.294 e. The van der Waals surface area contributed by atoms with Gasteiger partial charge in [0.15, 0.2) is 11.5 Å². The topological polar surface area (TPSA) is 137 Å². The number of carbonyl (C=O) groups is 3. The molecule has 0 radical (unpaired) electrons. The van der Waals surface area contributed by atoms with Crippen LogP contribution < -0.4 is 19.5 Å². The second-order valence-corrected chi connectivity index (χ2v) is 10.4. The molecule has 0 aromatic heterocycles. The molecule has 0 bridgehead atoms. The number of nitro groups is 1. The summed E-state index contributed by atoms with van der Waals surface area (Å²) >= 11 is 4.20. The van der Waals surface area contributed by atoms with Crippen molar-refractivity contribution in [3.05, 3.63) is 91.3 Å². The summed E-state index contributed by atoms with van der Waals surface area (Å²) in [5.41, 5.74) is 1.76. The largest absolute Gasteiger partial charge is 0.494 e. The molecule has 0 atom stereocenters. The van der Waals surface area contributed by atoms with Crippen molar-refractivity contribution < 1.29 is 33.5 Å². The van der Waals surface area contributed by atoms with Crippen LogP contribution in [0.5, 0.6) is 17.2 Å². The second-order valence-electron chi connectivity index (χ2n) is 8.51. The molecule has 1 N–H and O–H groups in total. The molecule has 0 aliphatic carbocycles. The number of benzene rings is 3. The molecule has 0 saturated carbocycles. The quantitative estimate of drug-likeness (QED) is 0.151. The van der Waals surface area contributed by atoms with E-state index in [2.05, 4.69) is 21.2 Å². The third-order valence-electron chi connectivity index (χ3n) is 5.74. The van der Waals surface area contributed by atoms with Crippen LogP contribution in [0.2, 0.25) is 0 Å². The van der Waals surface area contributed by atoms with E-state index in [4.69, 9.17) is 14.2 Å². The van der Waals surface area contributed by atoms with Crippen LogP contribution in [0, 0.1) is 10.1 Å². The fourth-order valence-corrected chi connectivity index (χ4v) is 5.00. The number of hydrogen-bond acceptors (Lipinski definition) is 9. The highest BCUT2D eigenvalue weighted by molar-refractivity contribution is 9.10. The van der Waals surface area contributed by atoms with Gasteiger partial charge >= 0.3 is 0 Å². The van der Waals surface area contributed by atoms with Crippen LogP contribution in [0.15, 0.2) is 70.0 Å². The Balaban J connectivity index is 1.42. The molecule has 41 heavy (non-hydrogen) atoms. The minimum atomic E-state index is -0.591. The predicted octanol–water partition coefficient (Wildman–Crippen LogP) is 6.02. The number of non-ortho nitro benzene ring substituents is 1. The first-order valence-corrected chi connectivity index (χ1v) is 13.8. The zero-order valence-corrected chi connectivity index (χ0v) is 24.3. The fourth-order valence-electron chi connectivity index (χ4n) is 3.73. The number of nitrogens with one attached hydrogen (secondary N) is 1. The van der Waals surface area contributed by atoms with Crippen molar-refractivity contribution in [2.45, 2.75) is 13.5 Å². The van der Waals surface area contributed by atoms with Gasteiger partial charge in [-0.2, -0.15) is 0 Å². The van der Waals surface area contributed by atoms with Crippen molar-refractivity contribution in [1.82, 2.24) is 4.90 Å². The summed E-state index contributed by atoms with van der Waals surface area (Å²) in [7, 11) is 1.46. The molecule has 11 nitrogen and oxygen atoms in total. The van der Waals surface area contributed by atoms with Crippen molar-refractivity contribution in [1.29, 1.82) is 0 Å². The van der Waals surface area contributed by atoms with Gasteiger partial charge in [0, 0.05) is 22.3 Å². The molecule has 212 valence electrons. The van der Waals surface area contributed by atoms with Crippen LogP contribution in [0.25, 0.3) is 6.08 Å². The van der Waals surface area contributed by atoms with Crippen molar-refractivity contribution in [3.8, 4) is 17.2 Å². The molecule has 3 aromatic rings. The average Bonchev–Trinajstić information content (AvgIpc) is 3.21. The van der Waals surface area contributed by atoms with Crippen LogP contribution in [-0.4, -0.2) is 47.1 Å². The van der Waals surface area contributed by atoms with E-state index >= 15 is 0 Å². The molecular weight excluding hydrogens is 618 g/mol. The average molecular weight is 642 g/mol. The van der Waals surface area contributed by atoms with E-state index < -0.39 is 28.5 Å². The number of imide groups is 1. The number of hydrogen-bond donors (Lipinski definition) is 1. The number of methoxy groups -OCH3 is 1. The molecule has 13 heteroatoms. The van der Waals surface area contributed by atoms with Crippen LogP contribution in [0.4, 0.5) is 16.2 Å². The molecule has 1 aliphatic rings. The third kappa shape index (κ3) is 7.44. The molecule has 3 aromatic carbocycles. The number of rotatable bonds is 11. The highest BCUT2D eigenvalue weighted by atomic mass is 79.9. The van der Waals surface area contributed by atoms with E-state index in [0.29, 0.717) is 39.6 Å². The van der Waals surface area contributed by atoms with E-state index in [-0.39, 0.29) is 17.2 Å². The highest BCUT2D eigenvalue weighted by Crippen LogP contribution is 2.38. The summed E-state index contributed by atoms with van der Waals surface area (Å²) in [4.78, 5) is 49.5. The molecule has 1 saturated heterocycles. The maximum absolute atomic E-state index is 13.0. The molecule has 4 rings (SSSR count). The van der Waals surface area contributed by atoms with Crippen LogP contribution in [0.1, 0.15) is 18.1 Å². The standard InChI is InChI=1S/C28H24BrN3O8S/c1-3-39-21-10-6-19(7-11-21)30-26(33)15-31-27(34)25(41-28(31)35)13-18-12-23(38-2)24(14-22(18)29)40-16-17-4-8-20(9-5-17)32(36)37/h4-14H,3,15-16H2,1-2H3,(H,30,33)/b25-13+. The van der Waals surface area contributed by atoms with Gasteiger partial charge in [0.2, 0.25) is 5.91 Å². The maximum Gasteiger partial charge on any atom is 0.294 e. The van der Waals surface area contributed by atoms with Crippen molar-refractivity contribution in [3.63, 3.8) is 0 Å². The van der Waals surface area contributed by atoms with E-state index in [9.17, 15) is 24.5 Å². The number of nitro benzene ring substituents is 1. The molecule has 1 aliphatic heterocycles. The Kier molecular flexibility index (Phi) is 9.63. The lowest BCUT2D eigenvalue weighted by atomic mass is 10.1. The Morgan fingerprint density at radius 2 is 1.78 bits per heavy atom. The normalized spacial score (nSPS) is 13.8. The molecule has 0 unspecified atom stereocenters. The van der Waals surface area contributed by atoms with E-state index in [1.165, 1.54) is 25.3 Å². The fraction of sp³-hybridized carbons (Fsp3) is 0.179. The Hall–Kier alpha value is -4.36. The molecular formula is C28H24BrN3O8S. The first-order chi connectivity index (χ1) is 19.7. The number of carbonyl (C=O) groups excluding carboxylic acids is 3. The van der Waals surface area contributed by atoms with Crippen molar-refractivity contribution >= 4 is 62.2 Å². The molecule has 1 fully saturated rings. The molecule has 0 spiro atoms. The third-order valence-corrected chi connectivity index (χ3v) is 7.33. The zero-order valence-electron chi connectivity index (χ0n) is 21.9. The van der Waals surface area contributed by atoms with E-state index in [0.717, 1.165) is 22.2 Å².